The van der Waals surface area contributed by atoms with Gasteiger partial charge in [-0.25, -0.2) is 8.42 Å². The first-order chi connectivity index (χ1) is 17.2. The first kappa shape index (κ1) is 30.0. The van der Waals surface area contributed by atoms with Gasteiger partial charge < -0.3 is 20.3 Å². The van der Waals surface area contributed by atoms with Crippen LogP contribution in [0.5, 0.6) is 5.75 Å². The number of hydrogen-bond donors (Lipinski definition) is 3. The molecule has 0 spiro atoms. The highest BCUT2D eigenvalue weighted by Gasteiger charge is 2.31. The number of benzene rings is 2. The molecule has 0 aliphatic carbocycles. The lowest BCUT2D eigenvalue weighted by molar-refractivity contribution is -0.128. The predicted molar refractivity (Wildman–Crippen MR) is 143 cm³/mol. The van der Waals surface area contributed by atoms with Crippen molar-refractivity contribution in [2.24, 2.45) is 5.92 Å². The van der Waals surface area contributed by atoms with Gasteiger partial charge in [-0.3, -0.25) is 4.79 Å². The van der Waals surface area contributed by atoms with Crippen LogP contribution in [-0.2, 0) is 27.6 Å². The maximum atomic E-state index is 12.9. The van der Waals surface area contributed by atoms with Gasteiger partial charge in [-0.2, -0.15) is 0 Å². The van der Waals surface area contributed by atoms with E-state index in [2.05, 4.69) is 5.32 Å². The Balaban J connectivity index is 2.05. The molecular weight excluding hydrogens is 478 g/mol. The van der Waals surface area contributed by atoms with E-state index in [0.717, 1.165) is 23.3 Å². The Morgan fingerprint density at radius 3 is 2.36 bits per heavy atom. The smallest absolute Gasteiger partial charge is 0.162 e. The third-order valence-electron chi connectivity index (χ3n) is 6.50. The number of Topliss-reactive ketones (excluding diaryl/α,β-unsaturated/α-hetero) is 1. The van der Waals surface area contributed by atoms with Gasteiger partial charge in [0.05, 0.1) is 24.2 Å². The average molecular weight is 520 g/mol. The van der Waals surface area contributed by atoms with Crippen LogP contribution in [0.2, 0.25) is 0 Å². The van der Waals surface area contributed by atoms with E-state index in [0.29, 0.717) is 25.8 Å². The van der Waals surface area contributed by atoms with Crippen LogP contribution in [0.15, 0.2) is 54.6 Å². The van der Waals surface area contributed by atoms with Crippen molar-refractivity contribution in [3.05, 3.63) is 65.7 Å². The fraction of sp³-hybridized carbons (Fsp3) is 0.536. The van der Waals surface area contributed by atoms with Crippen LogP contribution in [0.3, 0.4) is 0 Å². The molecule has 0 saturated carbocycles. The molecule has 7 nitrogen and oxygen atoms in total. The summed E-state index contributed by atoms with van der Waals surface area (Å²) in [6, 6.07) is 17.1. The Bertz CT molecular complexity index is 1030. The Morgan fingerprint density at radius 1 is 1.03 bits per heavy atom. The van der Waals surface area contributed by atoms with E-state index in [9.17, 15) is 23.4 Å². The highest BCUT2D eigenvalue weighted by molar-refractivity contribution is 7.92. The second kappa shape index (κ2) is 15.1. The number of aliphatic hydroxyl groups is 2. The molecule has 0 aliphatic rings. The van der Waals surface area contributed by atoms with Crippen LogP contribution in [0.25, 0.3) is 0 Å². The van der Waals surface area contributed by atoms with E-state index in [1.807, 2.05) is 61.5 Å². The van der Waals surface area contributed by atoms with Gasteiger partial charge in [-0.05, 0) is 48.4 Å². The zero-order chi connectivity index (χ0) is 26.6. The quantitative estimate of drug-likeness (QED) is 0.294. The zero-order valence-electron chi connectivity index (χ0n) is 21.6. The van der Waals surface area contributed by atoms with E-state index >= 15 is 0 Å². The van der Waals surface area contributed by atoms with Crippen molar-refractivity contribution in [1.82, 2.24) is 5.32 Å². The number of nitrogens with one attached hydrogen (secondary N) is 1. The number of rotatable bonds is 17. The number of ether oxygens (including phenoxy) is 1. The van der Waals surface area contributed by atoms with Crippen molar-refractivity contribution in [1.29, 1.82) is 0 Å². The van der Waals surface area contributed by atoms with Crippen molar-refractivity contribution in [3.8, 4) is 5.75 Å². The van der Waals surface area contributed by atoms with Crippen molar-refractivity contribution < 1.29 is 28.2 Å². The van der Waals surface area contributed by atoms with E-state index in [4.69, 9.17) is 4.74 Å². The number of sulfone groups is 1. The van der Waals surface area contributed by atoms with Crippen LogP contribution < -0.4 is 10.1 Å². The minimum Gasteiger partial charge on any atom is -0.497 e. The number of aliphatic hydroxyl groups excluding tert-OH is 2. The number of carbonyl (C=O) groups is 1. The van der Waals surface area contributed by atoms with E-state index < -0.39 is 44.7 Å². The molecule has 0 bridgehead atoms. The van der Waals surface area contributed by atoms with E-state index in [-0.39, 0.29) is 13.0 Å². The summed E-state index contributed by atoms with van der Waals surface area (Å²) in [6.07, 6.45) is -0.474. The van der Waals surface area contributed by atoms with Gasteiger partial charge >= 0.3 is 0 Å². The molecule has 4 atom stereocenters. The minimum atomic E-state index is -3.60. The molecule has 2 aromatic rings. The van der Waals surface area contributed by atoms with Crippen LogP contribution >= 0.6 is 0 Å². The van der Waals surface area contributed by atoms with Gasteiger partial charge in [0.15, 0.2) is 15.6 Å². The molecule has 200 valence electrons. The summed E-state index contributed by atoms with van der Waals surface area (Å²) in [5.41, 5.74) is 1.95. The van der Waals surface area contributed by atoms with Gasteiger partial charge in [-0.15, -0.1) is 0 Å². The lowest BCUT2D eigenvalue weighted by Crippen LogP contribution is -2.39. The number of carbonyl (C=O) groups excluding carboxylic acids is 1. The van der Waals surface area contributed by atoms with Crippen LogP contribution in [0.4, 0.5) is 0 Å². The van der Waals surface area contributed by atoms with Gasteiger partial charge in [0, 0.05) is 19.5 Å². The van der Waals surface area contributed by atoms with Crippen molar-refractivity contribution in [3.63, 3.8) is 0 Å². The van der Waals surface area contributed by atoms with E-state index in [1.165, 1.54) is 0 Å². The van der Waals surface area contributed by atoms with Gasteiger partial charge in [0.2, 0.25) is 0 Å². The Labute approximate surface area is 215 Å². The molecule has 0 aromatic heterocycles. The fourth-order valence-electron chi connectivity index (χ4n) is 4.38. The molecule has 2 aromatic carbocycles. The van der Waals surface area contributed by atoms with Crippen molar-refractivity contribution in [2.45, 2.75) is 70.0 Å². The summed E-state index contributed by atoms with van der Waals surface area (Å²) in [4.78, 5) is 12.9. The standard InChI is InChI=1S/C28H41NO6S/c1-4-10-25(5-2)36(33,34)20-28(32)26(30)17-23(15-21-11-7-6-8-12-21)27(31)19-29-18-22-13-9-14-24(16-22)35-3/h6-9,11-14,16,23,25,27-29,31-32H,4-5,10,15,17-20H2,1-3H3/t23-,25?,27-,28?/m1/s1. The Morgan fingerprint density at radius 2 is 1.72 bits per heavy atom. The molecular formula is C28H41NO6S. The molecule has 2 unspecified atom stereocenters. The number of ketones is 1. The highest BCUT2D eigenvalue weighted by Crippen LogP contribution is 2.20. The summed E-state index contributed by atoms with van der Waals surface area (Å²) in [5.74, 6) is -0.868. The number of hydrogen-bond acceptors (Lipinski definition) is 7. The van der Waals surface area contributed by atoms with Crippen LogP contribution in [0.1, 0.15) is 50.7 Å². The summed E-state index contributed by atoms with van der Waals surface area (Å²) < 4.78 is 30.7. The SMILES string of the molecule is CCCC(CC)S(=O)(=O)CC(O)C(=O)C[C@@H](Cc1ccccc1)[C@H](O)CNCc1cccc(OC)c1. The summed E-state index contributed by atoms with van der Waals surface area (Å²) in [6.45, 7) is 4.47. The first-order valence-corrected chi connectivity index (χ1v) is 14.4. The molecule has 0 fully saturated rings. The summed E-state index contributed by atoms with van der Waals surface area (Å²) in [5, 5.41) is 24.1. The van der Waals surface area contributed by atoms with Gasteiger partial charge in [0.25, 0.3) is 0 Å². The van der Waals surface area contributed by atoms with Gasteiger partial charge in [-0.1, -0.05) is 62.7 Å². The van der Waals surface area contributed by atoms with Crippen LogP contribution in [0, 0.1) is 5.92 Å². The van der Waals surface area contributed by atoms with Crippen molar-refractivity contribution >= 4 is 15.6 Å². The zero-order valence-corrected chi connectivity index (χ0v) is 22.4. The van der Waals surface area contributed by atoms with Crippen molar-refractivity contribution in [2.75, 3.05) is 19.4 Å². The fourth-order valence-corrected chi connectivity index (χ4v) is 6.38. The molecule has 0 saturated heterocycles. The Kier molecular flexibility index (Phi) is 12.6. The topological polar surface area (TPSA) is 113 Å². The van der Waals surface area contributed by atoms with Gasteiger partial charge in [0.1, 0.15) is 11.9 Å². The molecule has 3 N–H and O–H groups in total. The third-order valence-corrected chi connectivity index (χ3v) is 8.87. The lowest BCUT2D eigenvalue weighted by atomic mass is 9.88. The third kappa shape index (κ3) is 9.65. The molecule has 36 heavy (non-hydrogen) atoms. The maximum Gasteiger partial charge on any atom is 0.162 e. The molecule has 8 heteroatoms. The van der Waals surface area contributed by atoms with E-state index in [1.54, 1.807) is 14.0 Å². The molecule has 0 aliphatic heterocycles. The lowest BCUT2D eigenvalue weighted by Gasteiger charge is -2.25. The summed E-state index contributed by atoms with van der Waals surface area (Å²) in [7, 11) is -2.00. The first-order valence-electron chi connectivity index (χ1n) is 12.7. The molecule has 2 rings (SSSR count). The monoisotopic (exact) mass is 519 g/mol. The maximum absolute atomic E-state index is 12.9. The average Bonchev–Trinajstić information content (AvgIpc) is 2.87. The molecule has 0 amide bonds. The second-order valence-corrected chi connectivity index (χ2v) is 11.7. The van der Waals surface area contributed by atoms with Crippen LogP contribution in [-0.4, -0.2) is 61.3 Å². The predicted octanol–water partition coefficient (Wildman–Crippen LogP) is 3.32. The number of methoxy groups -OCH3 is 1. The highest BCUT2D eigenvalue weighted by atomic mass is 32.2. The Hall–Kier alpha value is -2.26. The largest absolute Gasteiger partial charge is 0.497 e. The molecule has 0 radical (unpaired) electrons. The normalized spacial score (nSPS) is 15.1. The minimum absolute atomic E-state index is 0.113. The summed E-state index contributed by atoms with van der Waals surface area (Å²) >= 11 is 0. The molecule has 0 heterocycles. The second-order valence-electron chi connectivity index (χ2n) is 9.33.